The second-order valence-corrected chi connectivity index (χ2v) is 4.67. The Morgan fingerprint density at radius 2 is 2.13 bits per heavy atom. The maximum Gasteiger partial charge on any atom is 0.282 e. The normalized spacial score (nSPS) is 10.6. The van der Waals surface area contributed by atoms with Gasteiger partial charge in [0, 0.05) is 13.1 Å². The van der Waals surface area contributed by atoms with Crippen LogP contribution in [-0.2, 0) is 0 Å². The van der Waals surface area contributed by atoms with E-state index in [0.29, 0.717) is 11.1 Å². The molecule has 0 aromatic carbocycles. The van der Waals surface area contributed by atoms with Crippen LogP contribution in [0.15, 0.2) is 31.4 Å². The van der Waals surface area contributed by atoms with Crippen molar-refractivity contribution in [3.05, 3.63) is 28.2 Å². The van der Waals surface area contributed by atoms with Gasteiger partial charge in [-0.2, -0.15) is 0 Å². The highest BCUT2D eigenvalue weighted by molar-refractivity contribution is 9.10. The van der Waals surface area contributed by atoms with Crippen molar-refractivity contribution in [2.24, 2.45) is 0 Å². The third-order valence-corrected chi connectivity index (χ3v) is 3.85. The lowest BCUT2D eigenvalue weighted by Crippen LogP contribution is -1.85. The third kappa shape index (κ3) is 2.38. The van der Waals surface area contributed by atoms with Crippen LogP contribution in [0, 0.1) is 13.8 Å². The van der Waals surface area contributed by atoms with Crippen molar-refractivity contribution < 1.29 is 4.42 Å². The average molecular weight is 286 g/mol. The predicted octanol–water partition coefficient (Wildman–Crippen LogP) is 3.00. The molecule has 6 heteroatoms. The Morgan fingerprint density at radius 1 is 1.33 bits per heavy atom. The van der Waals surface area contributed by atoms with E-state index in [1.807, 2.05) is 13.0 Å². The van der Waals surface area contributed by atoms with Crippen LogP contribution in [0.3, 0.4) is 0 Å². The summed E-state index contributed by atoms with van der Waals surface area (Å²) in [7, 11) is 0. The smallest absolute Gasteiger partial charge is 0.282 e. The molecule has 15 heavy (non-hydrogen) atoms. The lowest BCUT2D eigenvalue weighted by Gasteiger charge is -2.01. The topological polar surface area (TPSA) is 51.8 Å². The molecule has 0 radical (unpaired) electrons. The molecular weight excluding hydrogens is 278 g/mol. The first kappa shape index (κ1) is 10.6. The monoisotopic (exact) mass is 285 g/mol. The molecule has 2 rings (SSSR count). The fourth-order valence-electron chi connectivity index (χ4n) is 0.989. The number of aryl methyl sites for hydroxylation is 2. The SMILES string of the molecule is Cc1nnc(Sc2nccc(C)c2Br)o1. The summed E-state index contributed by atoms with van der Waals surface area (Å²) in [5.74, 6) is 0.557. The minimum absolute atomic E-state index is 0.506. The van der Waals surface area contributed by atoms with Gasteiger partial charge in [-0.1, -0.05) is 0 Å². The van der Waals surface area contributed by atoms with Crippen LogP contribution in [0.1, 0.15) is 11.5 Å². The number of halogens is 1. The van der Waals surface area contributed by atoms with Gasteiger partial charge in [-0.3, -0.25) is 0 Å². The lowest BCUT2D eigenvalue weighted by atomic mass is 10.3. The van der Waals surface area contributed by atoms with E-state index in [0.717, 1.165) is 15.1 Å². The van der Waals surface area contributed by atoms with Crippen LogP contribution in [0.25, 0.3) is 0 Å². The Labute approximate surface area is 99.6 Å². The molecule has 2 aromatic rings. The molecule has 0 aliphatic heterocycles. The zero-order chi connectivity index (χ0) is 10.8. The van der Waals surface area contributed by atoms with Gasteiger partial charge in [-0.25, -0.2) is 4.98 Å². The summed E-state index contributed by atoms with van der Waals surface area (Å²) in [4.78, 5) is 4.23. The number of hydrogen-bond donors (Lipinski definition) is 0. The molecule has 0 atom stereocenters. The predicted molar refractivity (Wildman–Crippen MR) is 59.8 cm³/mol. The van der Waals surface area contributed by atoms with Crippen LogP contribution < -0.4 is 0 Å². The molecule has 0 aliphatic rings. The molecule has 0 bridgehead atoms. The molecule has 0 fully saturated rings. The zero-order valence-corrected chi connectivity index (χ0v) is 10.6. The number of aromatic nitrogens is 3. The van der Waals surface area contributed by atoms with E-state index in [1.54, 1.807) is 13.1 Å². The van der Waals surface area contributed by atoms with E-state index in [9.17, 15) is 0 Å². The van der Waals surface area contributed by atoms with Gasteiger partial charge in [-0.05, 0) is 46.2 Å². The summed E-state index contributed by atoms with van der Waals surface area (Å²) < 4.78 is 6.23. The summed E-state index contributed by atoms with van der Waals surface area (Å²) in [5, 5.41) is 8.99. The van der Waals surface area contributed by atoms with Crippen molar-refractivity contribution in [1.82, 2.24) is 15.2 Å². The Kier molecular flexibility index (Phi) is 3.06. The first-order chi connectivity index (χ1) is 7.16. The molecule has 78 valence electrons. The van der Waals surface area contributed by atoms with E-state index in [4.69, 9.17) is 4.42 Å². The third-order valence-electron chi connectivity index (χ3n) is 1.74. The summed E-state index contributed by atoms with van der Waals surface area (Å²) in [6, 6.07) is 1.94. The first-order valence-corrected chi connectivity index (χ1v) is 5.87. The molecule has 0 aliphatic carbocycles. The highest BCUT2D eigenvalue weighted by Gasteiger charge is 2.10. The van der Waals surface area contributed by atoms with Gasteiger partial charge in [0.2, 0.25) is 5.89 Å². The number of nitrogens with zero attached hydrogens (tertiary/aromatic N) is 3. The Bertz CT molecular complexity index is 486. The van der Waals surface area contributed by atoms with Crippen molar-refractivity contribution in [1.29, 1.82) is 0 Å². The van der Waals surface area contributed by atoms with Crippen LogP contribution >= 0.6 is 27.7 Å². The fourth-order valence-corrected chi connectivity index (χ4v) is 2.24. The van der Waals surface area contributed by atoms with Crippen molar-refractivity contribution in [3.63, 3.8) is 0 Å². The van der Waals surface area contributed by atoms with Gasteiger partial charge in [0.1, 0.15) is 5.03 Å². The average Bonchev–Trinajstić information content (AvgIpc) is 2.59. The zero-order valence-electron chi connectivity index (χ0n) is 8.19. The molecule has 0 amide bonds. The van der Waals surface area contributed by atoms with Gasteiger partial charge < -0.3 is 4.42 Å². The van der Waals surface area contributed by atoms with Gasteiger partial charge in [0.25, 0.3) is 5.22 Å². The second-order valence-electron chi connectivity index (χ2n) is 2.94. The standard InChI is InChI=1S/C9H8BrN3OS/c1-5-3-4-11-8(7(5)10)15-9-13-12-6(2)14-9/h3-4H,1-2H3. The maximum absolute atomic E-state index is 5.26. The van der Waals surface area contributed by atoms with E-state index in [2.05, 4.69) is 31.1 Å². The molecule has 2 heterocycles. The largest absolute Gasteiger partial charge is 0.416 e. The lowest BCUT2D eigenvalue weighted by molar-refractivity contribution is 0.429. The second kappa shape index (κ2) is 4.32. The van der Waals surface area contributed by atoms with Crippen LogP contribution in [0.4, 0.5) is 0 Å². The molecule has 4 nitrogen and oxygen atoms in total. The molecule has 0 N–H and O–H groups in total. The summed E-state index contributed by atoms with van der Waals surface area (Å²) in [6.07, 6.45) is 1.76. The summed E-state index contributed by atoms with van der Waals surface area (Å²) in [5.41, 5.74) is 1.13. The minimum atomic E-state index is 0.506. The number of hydrogen-bond acceptors (Lipinski definition) is 5. The van der Waals surface area contributed by atoms with E-state index < -0.39 is 0 Å². The molecule has 0 saturated carbocycles. The Morgan fingerprint density at radius 3 is 2.80 bits per heavy atom. The van der Waals surface area contributed by atoms with Gasteiger partial charge in [0.05, 0.1) is 4.47 Å². The van der Waals surface area contributed by atoms with Crippen molar-refractivity contribution in [2.45, 2.75) is 24.1 Å². The van der Waals surface area contributed by atoms with Gasteiger partial charge in [0.15, 0.2) is 0 Å². The van der Waals surface area contributed by atoms with E-state index >= 15 is 0 Å². The van der Waals surface area contributed by atoms with Crippen LogP contribution in [-0.4, -0.2) is 15.2 Å². The number of rotatable bonds is 2. The number of pyridine rings is 1. The molecule has 2 aromatic heterocycles. The van der Waals surface area contributed by atoms with E-state index in [-0.39, 0.29) is 0 Å². The maximum atomic E-state index is 5.26. The fraction of sp³-hybridized carbons (Fsp3) is 0.222. The molecule has 0 saturated heterocycles. The Balaban J connectivity index is 2.28. The highest BCUT2D eigenvalue weighted by atomic mass is 79.9. The van der Waals surface area contributed by atoms with E-state index in [1.165, 1.54) is 11.8 Å². The van der Waals surface area contributed by atoms with Crippen LogP contribution in [0.2, 0.25) is 0 Å². The van der Waals surface area contributed by atoms with Gasteiger partial charge >= 0.3 is 0 Å². The molecule has 0 unspecified atom stereocenters. The highest BCUT2D eigenvalue weighted by Crippen LogP contribution is 2.32. The quantitative estimate of drug-likeness (QED) is 0.849. The molecule has 0 spiro atoms. The van der Waals surface area contributed by atoms with Crippen molar-refractivity contribution in [3.8, 4) is 0 Å². The summed E-state index contributed by atoms with van der Waals surface area (Å²) in [6.45, 7) is 3.77. The Hall–Kier alpha value is -0.880. The minimum Gasteiger partial charge on any atom is -0.416 e. The van der Waals surface area contributed by atoms with Crippen molar-refractivity contribution >= 4 is 27.7 Å². The van der Waals surface area contributed by atoms with Crippen molar-refractivity contribution in [2.75, 3.05) is 0 Å². The van der Waals surface area contributed by atoms with Crippen LogP contribution in [0.5, 0.6) is 0 Å². The van der Waals surface area contributed by atoms with Gasteiger partial charge in [-0.15, -0.1) is 10.2 Å². The first-order valence-electron chi connectivity index (χ1n) is 4.26. The molecular formula is C9H8BrN3OS. The summed E-state index contributed by atoms with van der Waals surface area (Å²) >= 11 is 4.82.